The minimum atomic E-state index is -0.0508. The van der Waals surface area contributed by atoms with Crippen LogP contribution in [0.25, 0.3) is 0 Å². The summed E-state index contributed by atoms with van der Waals surface area (Å²) >= 11 is 3.40. The summed E-state index contributed by atoms with van der Waals surface area (Å²) < 4.78 is 12.9. The van der Waals surface area contributed by atoms with Crippen LogP contribution in [-0.4, -0.2) is 35.9 Å². The first-order valence-corrected chi connectivity index (χ1v) is 7.50. The second-order valence-electron chi connectivity index (χ2n) is 4.81. The number of rotatable bonds is 5. The standard InChI is InChI=1S/C15H15BrN2O3/c1-20-7-5-18-14(12(16)9-17-18)15(19)11-2-3-13-10(8-11)4-6-21-13/h2-3,8-9H,4-7H2,1H3. The van der Waals surface area contributed by atoms with Gasteiger partial charge in [0.2, 0.25) is 5.78 Å². The van der Waals surface area contributed by atoms with E-state index >= 15 is 0 Å². The smallest absolute Gasteiger partial charge is 0.212 e. The molecule has 1 aromatic carbocycles. The number of ketones is 1. The number of fused-ring (bicyclic) bond motifs is 1. The van der Waals surface area contributed by atoms with Crippen LogP contribution >= 0.6 is 15.9 Å². The number of aromatic nitrogens is 2. The van der Waals surface area contributed by atoms with E-state index in [4.69, 9.17) is 9.47 Å². The molecule has 0 spiro atoms. The lowest BCUT2D eigenvalue weighted by atomic mass is 10.0. The predicted octanol–water partition coefficient (Wildman–Crippen LogP) is 2.46. The Hall–Kier alpha value is -1.66. The van der Waals surface area contributed by atoms with Crippen LogP contribution in [0.3, 0.4) is 0 Å². The molecule has 21 heavy (non-hydrogen) atoms. The maximum Gasteiger partial charge on any atom is 0.212 e. The van der Waals surface area contributed by atoms with Crippen molar-refractivity contribution in [3.8, 4) is 5.75 Å². The maximum absolute atomic E-state index is 12.7. The summed E-state index contributed by atoms with van der Waals surface area (Å²) in [5.74, 6) is 0.823. The summed E-state index contributed by atoms with van der Waals surface area (Å²) in [5, 5.41) is 4.22. The number of methoxy groups -OCH3 is 1. The Labute approximate surface area is 131 Å². The van der Waals surface area contributed by atoms with Crippen molar-refractivity contribution in [1.82, 2.24) is 9.78 Å². The normalized spacial score (nSPS) is 13.0. The number of benzene rings is 1. The van der Waals surface area contributed by atoms with Crippen LogP contribution < -0.4 is 4.74 Å². The highest BCUT2D eigenvalue weighted by Gasteiger charge is 2.21. The zero-order chi connectivity index (χ0) is 14.8. The molecule has 0 fully saturated rings. The van der Waals surface area contributed by atoms with Gasteiger partial charge in [0.15, 0.2) is 0 Å². The molecule has 0 unspecified atom stereocenters. The van der Waals surface area contributed by atoms with Gasteiger partial charge in [0.1, 0.15) is 11.4 Å². The number of nitrogens with zero attached hydrogens (tertiary/aromatic N) is 2. The van der Waals surface area contributed by atoms with Gasteiger partial charge >= 0.3 is 0 Å². The highest BCUT2D eigenvalue weighted by Crippen LogP contribution is 2.28. The van der Waals surface area contributed by atoms with Crippen LogP contribution in [0, 0.1) is 0 Å². The number of ether oxygens (including phenoxy) is 2. The van der Waals surface area contributed by atoms with E-state index in [0.717, 1.165) is 17.7 Å². The zero-order valence-electron chi connectivity index (χ0n) is 11.6. The Bertz CT molecular complexity index is 682. The van der Waals surface area contributed by atoms with Crippen molar-refractivity contribution in [1.29, 1.82) is 0 Å². The molecule has 0 radical (unpaired) electrons. The average molecular weight is 351 g/mol. The molecule has 0 N–H and O–H groups in total. The van der Waals surface area contributed by atoms with Crippen molar-refractivity contribution < 1.29 is 14.3 Å². The molecule has 0 amide bonds. The molecule has 0 aliphatic carbocycles. The van der Waals surface area contributed by atoms with E-state index < -0.39 is 0 Å². The molecule has 1 aromatic heterocycles. The first-order valence-electron chi connectivity index (χ1n) is 6.71. The summed E-state index contributed by atoms with van der Waals surface area (Å²) in [5.41, 5.74) is 2.28. The molecule has 2 aromatic rings. The number of hydrogen-bond acceptors (Lipinski definition) is 4. The van der Waals surface area contributed by atoms with Gasteiger partial charge < -0.3 is 9.47 Å². The van der Waals surface area contributed by atoms with Crippen molar-refractivity contribution in [2.24, 2.45) is 0 Å². The summed E-state index contributed by atoms with van der Waals surface area (Å²) in [6.07, 6.45) is 2.49. The molecule has 2 heterocycles. The molecule has 110 valence electrons. The van der Waals surface area contributed by atoms with Gasteiger partial charge in [0.25, 0.3) is 0 Å². The fourth-order valence-corrected chi connectivity index (χ4v) is 2.88. The van der Waals surface area contributed by atoms with E-state index in [1.54, 1.807) is 24.1 Å². The minimum absolute atomic E-state index is 0.0508. The van der Waals surface area contributed by atoms with Crippen LogP contribution in [0.4, 0.5) is 0 Å². The van der Waals surface area contributed by atoms with Gasteiger partial charge in [-0.25, -0.2) is 0 Å². The lowest BCUT2D eigenvalue weighted by Gasteiger charge is -2.08. The first kappa shape index (κ1) is 14.3. The molecule has 1 aliphatic rings. The lowest BCUT2D eigenvalue weighted by molar-refractivity contribution is 0.102. The largest absolute Gasteiger partial charge is 0.493 e. The third-order valence-corrected chi connectivity index (χ3v) is 4.05. The number of carbonyl (C=O) groups excluding carboxylic acids is 1. The third kappa shape index (κ3) is 2.73. The van der Waals surface area contributed by atoms with Crippen molar-refractivity contribution in [3.05, 3.63) is 45.7 Å². The van der Waals surface area contributed by atoms with E-state index in [9.17, 15) is 4.79 Å². The number of halogens is 1. The van der Waals surface area contributed by atoms with Crippen LogP contribution in [0.1, 0.15) is 21.6 Å². The highest BCUT2D eigenvalue weighted by molar-refractivity contribution is 9.10. The van der Waals surface area contributed by atoms with Gasteiger partial charge in [-0.2, -0.15) is 5.10 Å². The van der Waals surface area contributed by atoms with E-state index in [-0.39, 0.29) is 5.78 Å². The number of carbonyl (C=O) groups is 1. The first-order chi connectivity index (χ1) is 10.2. The molecule has 5 nitrogen and oxygen atoms in total. The van der Waals surface area contributed by atoms with Crippen molar-refractivity contribution in [2.45, 2.75) is 13.0 Å². The Balaban J connectivity index is 1.93. The fraction of sp³-hybridized carbons (Fsp3) is 0.333. The molecular weight excluding hydrogens is 336 g/mol. The van der Waals surface area contributed by atoms with Crippen LogP contribution in [0.5, 0.6) is 5.75 Å². The summed E-state index contributed by atoms with van der Waals surface area (Å²) in [6, 6.07) is 5.57. The Morgan fingerprint density at radius 1 is 1.52 bits per heavy atom. The predicted molar refractivity (Wildman–Crippen MR) is 80.9 cm³/mol. The second-order valence-corrected chi connectivity index (χ2v) is 5.66. The second kappa shape index (κ2) is 5.99. The van der Waals surface area contributed by atoms with Gasteiger partial charge in [0, 0.05) is 19.1 Å². The average Bonchev–Trinajstić information content (AvgIpc) is 3.10. The monoisotopic (exact) mass is 350 g/mol. The third-order valence-electron chi connectivity index (χ3n) is 3.47. The lowest BCUT2D eigenvalue weighted by Crippen LogP contribution is -2.15. The molecule has 0 bridgehead atoms. The van der Waals surface area contributed by atoms with Crippen molar-refractivity contribution in [2.75, 3.05) is 20.3 Å². The number of hydrogen-bond donors (Lipinski definition) is 0. The topological polar surface area (TPSA) is 53.4 Å². The molecule has 0 atom stereocenters. The highest BCUT2D eigenvalue weighted by atomic mass is 79.9. The molecule has 1 aliphatic heterocycles. The fourth-order valence-electron chi connectivity index (χ4n) is 2.40. The Kier molecular flexibility index (Phi) is 4.07. The maximum atomic E-state index is 12.7. The summed E-state index contributed by atoms with van der Waals surface area (Å²) in [4.78, 5) is 12.7. The zero-order valence-corrected chi connectivity index (χ0v) is 13.2. The molecule has 6 heteroatoms. The summed E-state index contributed by atoms with van der Waals surface area (Å²) in [6.45, 7) is 1.73. The SMILES string of the molecule is COCCn1ncc(Br)c1C(=O)c1ccc2c(c1)CCO2. The van der Waals surface area contributed by atoms with E-state index in [2.05, 4.69) is 21.0 Å². The van der Waals surface area contributed by atoms with Crippen LogP contribution in [-0.2, 0) is 17.7 Å². The van der Waals surface area contributed by atoms with E-state index in [0.29, 0.717) is 35.5 Å². The van der Waals surface area contributed by atoms with Gasteiger partial charge in [0.05, 0.1) is 30.4 Å². The quantitative estimate of drug-likeness (QED) is 0.777. The Morgan fingerprint density at radius 2 is 2.38 bits per heavy atom. The van der Waals surface area contributed by atoms with Crippen LogP contribution in [0.15, 0.2) is 28.9 Å². The summed E-state index contributed by atoms with van der Waals surface area (Å²) in [7, 11) is 1.63. The van der Waals surface area contributed by atoms with Gasteiger partial charge in [-0.15, -0.1) is 0 Å². The van der Waals surface area contributed by atoms with Gasteiger partial charge in [-0.3, -0.25) is 9.48 Å². The van der Waals surface area contributed by atoms with Crippen molar-refractivity contribution in [3.63, 3.8) is 0 Å². The minimum Gasteiger partial charge on any atom is -0.493 e. The molecule has 0 saturated heterocycles. The van der Waals surface area contributed by atoms with E-state index in [1.807, 2.05) is 12.1 Å². The van der Waals surface area contributed by atoms with Crippen molar-refractivity contribution >= 4 is 21.7 Å². The van der Waals surface area contributed by atoms with Crippen LogP contribution in [0.2, 0.25) is 0 Å². The van der Waals surface area contributed by atoms with Gasteiger partial charge in [-0.1, -0.05) is 0 Å². The molecule has 3 rings (SSSR count). The van der Waals surface area contributed by atoms with Gasteiger partial charge in [-0.05, 0) is 39.7 Å². The molecular formula is C15H15BrN2O3. The van der Waals surface area contributed by atoms with E-state index in [1.165, 1.54) is 0 Å². The molecule has 0 saturated carbocycles. The Morgan fingerprint density at radius 3 is 3.19 bits per heavy atom.